The number of benzene rings is 1. The molecular formula is C12H17N3O5S. The average Bonchev–Trinajstić information content (AvgIpc) is 2.37. The lowest BCUT2D eigenvalue weighted by atomic mass is 10.1. The molecule has 1 aromatic rings. The second kappa shape index (κ2) is 7.02. The molecule has 0 radical (unpaired) electrons. The molecule has 0 heterocycles. The van der Waals surface area contributed by atoms with Crippen LogP contribution in [0.3, 0.4) is 0 Å². The number of sulfone groups is 1. The fourth-order valence-corrected chi connectivity index (χ4v) is 2.09. The van der Waals surface area contributed by atoms with Crippen molar-refractivity contribution >= 4 is 27.1 Å². The number of nitrogens with one attached hydrogen (secondary N) is 2. The molecule has 0 spiro atoms. The largest absolute Gasteiger partial charge is 0.380 e. The molecule has 2 N–H and O–H groups in total. The Hall–Kier alpha value is -2.16. The quantitative estimate of drug-likeness (QED) is 0.567. The maximum Gasteiger partial charge on any atom is 0.293 e. The molecule has 0 aromatic heterocycles. The van der Waals surface area contributed by atoms with E-state index in [1.165, 1.54) is 12.1 Å². The lowest BCUT2D eigenvalue weighted by molar-refractivity contribution is -0.384. The van der Waals surface area contributed by atoms with E-state index in [2.05, 4.69) is 10.6 Å². The molecule has 0 aliphatic carbocycles. The highest BCUT2D eigenvalue weighted by atomic mass is 32.2. The summed E-state index contributed by atoms with van der Waals surface area (Å²) in [5, 5.41) is 16.2. The maximum absolute atomic E-state index is 11.8. The number of nitro groups is 1. The summed E-state index contributed by atoms with van der Waals surface area (Å²) >= 11 is 0. The summed E-state index contributed by atoms with van der Waals surface area (Å²) in [5.41, 5.74) is 0.236. The highest BCUT2D eigenvalue weighted by Gasteiger charge is 2.17. The standard InChI is InChI=1S/C12H17N3O5S/c1-3-13-10-5-4-9(8-11(10)15(17)18)12(16)14-6-7-21(2,19)20/h4-5,8,13H,3,6-7H2,1-2H3,(H,14,16). The predicted molar refractivity (Wildman–Crippen MR) is 79.3 cm³/mol. The Morgan fingerprint density at radius 1 is 1.38 bits per heavy atom. The molecule has 0 atom stereocenters. The Morgan fingerprint density at radius 2 is 2.05 bits per heavy atom. The van der Waals surface area contributed by atoms with E-state index in [4.69, 9.17) is 0 Å². The van der Waals surface area contributed by atoms with Gasteiger partial charge < -0.3 is 10.6 Å². The number of carbonyl (C=O) groups is 1. The summed E-state index contributed by atoms with van der Waals surface area (Å²) in [6, 6.07) is 4.06. The van der Waals surface area contributed by atoms with Gasteiger partial charge in [0.05, 0.1) is 10.7 Å². The number of anilines is 1. The van der Waals surface area contributed by atoms with Gasteiger partial charge in [0, 0.05) is 31.0 Å². The minimum Gasteiger partial charge on any atom is -0.380 e. The molecular weight excluding hydrogens is 298 g/mol. The van der Waals surface area contributed by atoms with Crippen molar-refractivity contribution in [3.8, 4) is 0 Å². The van der Waals surface area contributed by atoms with Crippen LogP contribution in [0.4, 0.5) is 11.4 Å². The lowest BCUT2D eigenvalue weighted by Crippen LogP contribution is -2.28. The molecule has 9 heteroatoms. The van der Waals surface area contributed by atoms with Crippen LogP contribution in [0.5, 0.6) is 0 Å². The van der Waals surface area contributed by atoms with Crippen molar-refractivity contribution in [1.82, 2.24) is 5.32 Å². The third-order valence-corrected chi connectivity index (χ3v) is 3.53. The van der Waals surface area contributed by atoms with E-state index < -0.39 is 20.7 Å². The predicted octanol–water partition coefficient (Wildman–Crippen LogP) is 0.801. The fourth-order valence-electron chi connectivity index (χ4n) is 1.62. The molecule has 0 bridgehead atoms. The topological polar surface area (TPSA) is 118 Å². The zero-order valence-electron chi connectivity index (χ0n) is 11.8. The average molecular weight is 315 g/mol. The van der Waals surface area contributed by atoms with Crippen LogP contribution in [0.15, 0.2) is 18.2 Å². The van der Waals surface area contributed by atoms with Gasteiger partial charge in [-0.1, -0.05) is 0 Å². The zero-order chi connectivity index (χ0) is 16.0. The van der Waals surface area contributed by atoms with Gasteiger partial charge in [-0.25, -0.2) is 8.42 Å². The van der Waals surface area contributed by atoms with Crippen molar-refractivity contribution < 1.29 is 18.1 Å². The summed E-state index contributed by atoms with van der Waals surface area (Å²) in [6.07, 6.45) is 1.06. The molecule has 1 aromatic carbocycles. The summed E-state index contributed by atoms with van der Waals surface area (Å²) in [4.78, 5) is 22.2. The van der Waals surface area contributed by atoms with E-state index in [1.54, 1.807) is 6.92 Å². The number of hydrogen-bond acceptors (Lipinski definition) is 6. The van der Waals surface area contributed by atoms with Gasteiger partial charge in [0.2, 0.25) is 0 Å². The van der Waals surface area contributed by atoms with Crippen LogP contribution in [-0.4, -0.2) is 44.3 Å². The monoisotopic (exact) mass is 315 g/mol. The van der Waals surface area contributed by atoms with Gasteiger partial charge in [-0.3, -0.25) is 14.9 Å². The van der Waals surface area contributed by atoms with Gasteiger partial charge in [-0.2, -0.15) is 0 Å². The molecule has 0 unspecified atom stereocenters. The molecule has 0 fully saturated rings. The number of nitro benzene ring substituents is 1. The Balaban J connectivity index is 2.86. The first-order valence-corrected chi connectivity index (χ1v) is 8.29. The van der Waals surface area contributed by atoms with E-state index in [1.807, 2.05) is 0 Å². The van der Waals surface area contributed by atoms with Gasteiger partial charge in [-0.05, 0) is 19.1 Å². The van der Waals surface area contributed by atoms with Gasteiger partial charge in [0.25, 0.3) is 11.6 Å². The molecule has 0 aliphatic heterocycles. The van der Waals surface area contributed by atoms with Crippen LogP contribution in [0.1, 0.15) is 17.3 Å². The van der Waals surface area contributed by atoms with Crippen LogP contribution in [0.25, 0.3) is 0 Å². The fraction of sp³-hybridized carbons (Fsp3) is 0.417. The number of nitrogens with zero attached hydrogens (tertiary/aromatic N) is 1. The first kappa shape index (κ1) is 16.9. The molecule has 116 valence electrons. The van der Waals surface area contributed by atoms with Crippen molar-refractivity contribution in [2.24, 2.45) is 0 Å². The van der Waals surface area contributed by atoms with Crippen LogP contribution in [0.2, 0.25) is 0 Å². The Labute approximate surface area is 122 Å². The minimum atomic E-state index is -3.17. The lowest BCUT2D eigenvalue weighted by Gasteiger charge is -2.07. The normalized spacial score (nSPS) is 11.0. The third-order valence-electron chi connectivity index (χ3n) is 2.58. The van der Waals surface area contributed by atoms with Gasteiger partial charge >= 0.3 is 0 Å². The van der Waals surface area contributed by atoms with Crippen LogP contribution >= 0.6 is 0 Å². The second-order valence-electron chi connectivity index (χ2n) is 4.41. The molecule has 0 saturated heterocycles. The molecule has 1 rings (SSSR count). The van der Waals surface area contributed by atoms with Crippen molar-refractivity contribution in [2.75, 3.05) is 30.4 Å². The third kappa shape index (κ3) is 5.38. The maximum atomic E-state index is 11.8. The van der Waals surface area contributed by atoms with Crippen molar-refractivity contribution in [2.45, 2.75) is 6.92 Å². The van der Waals surface area contributed by atoms with E-state index in [9.17, 15) is 23.3 Å². The zero-order valence-corrected chi connectivity index (χ0v) is 12.6. The molecule has 21 heavy (non-hydrogen) atoms. The molecule has 0 aliphatic rings. The van der Waals surface area contributed by atoms with Gasteiger partial charge in [0.1, 0.15) is 15.5 Å². The summed E-state index contributed by atoms with van der Waals surface area (Å²) < 4.78 is 21.9. The van der Waals surface area contributed by atoms with Gasteiger partial charge in [0.15, 0.2) is 0 Å². The molecule has 8 nitrogen and oxygen atoms in total. The Kier molecular flexibility index (Phi) is 5.65. The van der Waals surface area contributed by atoms with E-state index in [0.717, 1.165) is 12.3 Å². The number of hydrogen-bond donors (Lipinski definition) is 2. The first-order chi connectivity index (χ1) is 9.74. The summed E-state index contributed by atoms with van der Waals surface area (Å²) in [5.74, 6) is -0.735. The number of amides is 1. The number of carbonyl (C=O) groups excluding carboxylic acids is 1. The highest BCUT2D eigenvalue weighted by Crippen LogP contribution is 2.25. The van der Waals surface area contributed by atoms with Crippen LogP contribution in [0, 0.1) is 10.1 Å². The SMILES string of the molecule is CCNc1ccc(C(=O)NCCS(C)(=O)=O)cc1[N+](=O)[O-]. The summed E-state index contributed by atoms with van der Waals surface area (Å²) in [6.45, 7) is 2.27. The van der Waals surface area contributed by atoms with Crippen molar-refractivity contribution in [1.29, 1.82) is 0 Å². The molecule has 0 saturated carbocycles. The highest BCUT2D eigenvalue weighted by molar-refractivity contribution is 7.90. The smallest absolute Gasteiger partial charge is 0.293 e. The van der Waals surface area contributed by atoms with E-state index in [-0.39, 0.29) is 23.5 Å². The second-order valence-corrected chi connectivity index (χ2v) is 6.66. The Morgan fingerprint density at radius 3 is 2.57 bits per heavy atom. The molecule has 1 amide bonds. The van der Waals surface area contributed by atoms with Gasteiger partial charge in [-0.15, -0.1) is 0 Å². The summed E-state index contributed by atoms with van der Waals surface area (Å²) in [7, 11) is -3.17. The van der Waals surface area contributed by atoms with E-state index >= 15 is 0 Å². The minimum absolute atomic E-state index is 0.0412. The van der Waals surface area contributed by atoms with Crippen molar-refractivity contribution in [3.63, 3.8) is 0 Å². The van der Waals surface area contributed by atoms with Crippen LogP contribution < -0.4 is 10.6 Å². The van der Waals surface area contributed by atoms with Crippen LogP contribution in [-0.2, 0) is 9.84 Å². The van der Waals surface area contributed by atoms with Crippen molar-refractivity contribution in [3.05, 3.63) is 33.9 Å². The first-order valence-electron chi connectivity index (χ1n) is 6.23. The number of rotatable bonds is 7. The van der Waals surface area contributed by atoms with E-state index in [0.29, 0.717) is 12.2 Å². The Bertz CT molecular complexity index is 642.